The van der Waals surface area contributed by atoms with Crippen LogP contribution in [-0.4, -0.2) is 62.0 Å². The summed E-state index contributed by atoms with van der Waals surface area (Å²) in [5, 5.41) is 2.62. The molecule has 0 aromatic heterocycles. The number of rotatable bonds is 6. The van der Waals surface area contributed by atoms with Crippen LogP contribution in [0.25, 0.3) is 0 Å². The van der Waals surface area contributed by atoms with Gasteiger partial charge in [0.15, 0.2) is 9.84 Å². The Morgan fingerprint density at radius 1 is 1.11 bits per heavy atom. The lowest BCUT2D eigenvalue weighted by atomic mass is 9.99. The van der Waals surface area contributed by atoms with Crippen LogP contribution in [-0.2, 0) is 20.8 Å². The minimum absolute atomic E-state index is 0.125. The Morgan fingerprint density at radius 3 is 2.35 bits per heavy atom. The van der Waals surface area contributed by atoms with Crippen LogP contribution >= 0.6 is 0 Å². The van der Waals surface area contributed by atoms with Gasteiger partial charge in [-0.15, -0.1) is 0 Å². The van der Waals surface area contributed by atoms with E-state index in [1.165, 1.54) is 25.2 Å². The van der Waals surface area contributed by atoms with Gasteiger partial charge >= 0.3 is 12.2 Å². The highest BCUT2D eigenvalue weighted by atomic mass is 32.2. The zero-order chi connectivity index (χ0) is 27.3. The summed E-state index contributed by atoms with van der Waals surface area (Å²) in [7, 11) is -2.28. The third-order valence-corrected chi connectivity index (χ3v) is 7.49. The molecular formula is C24H23F4N3O5S. The molecule has 2 aliphatic rings. The van der Waals surface area contributed by atoms with E-state index >= 15 is 0 Å². The summed E-state index contributed by atoms with van der Waals surface area (Å²) in [5.41, 5.74) is -1.41. The molecular weight excluding hydrogens is 518 g/mol. The second-order valence-corrected chi connectivity index (χ2v) is 11.2. The molecule has 1 aliphatic carbocycles. The summed E-state index contributed by atoms with van der Waals surface area (Å²) in [5.74, 6) is -3.04. The molecule has 2 fully saturated rings. The van der Waals surface area contributed by atoms with Crippen molar-refractivity contribution in [2.24, 2.45) is 5.92 Å². The summed E-state index contributed by atoms with van der Waals surface area (Å²) < 4.78 is 77.4. The molecule has 1 aliphatic heterocycles. The Hall–Kier alpha value is -3.48. The van der Waals surface area contributed by atoms with E-state index in [-0.39, 0.29) is 28.5 Å². The maximum atomic E-state index is 14.7. The normalized spacial score (nSPS) is 19.2. The molecule has 1 saturated carbocycles. The van der Waals surface area contributed by atoms with Crippen molar-refractivity contribution in [3.63, 3.8) is 0 Å². The van der Waals surface area contributed by atoms with Gasteiger partial charge in [-0.25, -0.2) is 22.5 Å². The number of likely N-dealkylation sites (N-methyl/N-ethyl adjacent to an activating group) is 1. The summed E-state index contributed by atoms with van der Waals surface area (Å²) in [6.07, 6.45) is -2.56. The second-order valence-electron chi connectivity index (χ2n) is 9.21. The topological polar surface area (TPSA) is 104 Å². The Bertz CT molecular complexity index is 1370. The van der Waals surface area contributed by atoms with Crippen LogP contribution < -0.4 is 5.32 Å². The third kappa shape index (κ3) is 5.45. The molecule has 4 rings (SSSR count). The first-order chi connectivity index (χ1) is 17.2. The maximum absolute atomic E-state index is 14.7. The van der Waals surface area contributed by atoms with Gasteiger partial charge < -0.3 is 10.2 Å². The predicted molar refractivity (Wildman–Crippen MR) is 123 cm³/mol. The second kappa shape index (κ2) is 9.43. The number of benzene rings is 2. The number of hydrogen-bond acceptors (Lipinski definition) is 5. The molecule has 1 saturated heterocycles. The number of carbonyl (C=O) groups is 3. The molecule has 1 N–H and O–H groups in total. The zero-order valence-electron chi connectivity index (χ0n) is 19.8. The van der Waals surface area contributed by atoms with Gasteiger partial charge in [-0.1, -0.05) is 12.1 Å². The maximum Gasteiger partial charge on any atom is 0.416 e. The van der Waals surface area contributed by atoms with E-state index in [1.54, 1.807) is 0 Å². The Morgan fingerprint density at radius 2 is 1.78 bits per heavy atom. The van der Waals surface area contributed by atoms with Crippen LogP contribution in [0.3, 0.4) is 0 Å². The number of carbonyl (C=O) groups excluding carboxylic acids is 3. The average molecular weight is 542 g/mol. The van der Waals surface area contributed by atoms with Crippen LogP contribution in [0.15, 0.2) is 47.4 Å². The highest BCUT2D eigenvalue weighted by Gasteiger charge is 2.46. The monoisotopic (exact) mass is 541 g/mol. The SMILES string of the molecule is CN1C[C@@H](C(=O)N[C@@H](c2ccc(C(F)(F)F)cc2F)C2CC2)N(C(=O)c2cccc(S(C)(=O)=O)c2)C1=O. The van der Waals surface area contributed by atoms with Crippen molar-refractivity contribution in [2.75, 3.05) is 19.8 Å². The van der Waals surface area contributed by atoms with Crippen LogP contribution in [0.1, 0.15) is 40.4 Å². The zero-order valence-corrected chi connectivity index (χ0v) is 20.6. The molecule has 13 heteroatoms. The summed E-state index contributed by atoms with van der Waals surface area (Å²) in [6.45, 7) is -0.185. The number of halogens is 4. The van der Waals surface area contributed by atoms with Gasteiger partial charge in [0.05, 0.1) is 23.0 Å². The summed E-state index contributed by atoms with van der Waals surface area (Å²) in [4.78, 5) is 41.0. The van der Waals surface area contributed by atoms with Crippen molar-refractivity contribution in [3.8, 4) is 0 Å². The predicted octanol–water partition coefficient (Wildman–Crippen LogP) is 3.39. The first-order valence-corrected chi connectivity index (χ1v) is 13.1. The molecule has 4 amide bonds. The third-order valence-electron chi connectivity index (χ3n) is 6.38. The lowest BCUT2D eigenvalue weighted by molar-refractivity contribution is -0.137. The van der Waals surface area contributed by atoms with Crippen LogP contribution in [0.5, 0.6) is 0 Å². The van der Waals surface area contributed by atoms with Gasteiger partial charge in [0.1, 0.15) is 11.9 Å². The molecule has 1 heterocycles. The lowest BCUT2D eigenvalue weighted by Gasteiger charge is -2.25. The fourth-order valence-electron chi connectivity index (χ4n) is 4.25. The number of nitrogens with one attached hydrogen (secondary N) is 1. The minimum atomic E-state index is -4.73. The number of alkyl halides is 3. The molecule has 0 spiro atoms. The van der Waals surface area contributed by atoms with E-state index in [1.807, 2.05) is 0 Å². The van der Waals surface area contributed by atoms with Crippen molar-refractivity contribution >= 4 is 27.7 Å². The van der Waals surface area contributed by atoms with Gasteiger partial charge in [0.2, 0.25) is 5.91 Å². The number of hydrogen-bond donors (Lipinski definition) is 1. The van der Waals surface area contributed by atoms with Crippen LogP contribution in [0, 0.1) is 11.7 Å². The molecule has 198 valence electrons. The van der Waals surface area contributed by atoms with Crippen molar-refractivity contribution in [3.05, 3.63) is 65.0 Å². The number of nitrogens with zero attached hydrogens (tertiary/aromatic N) is 2. The van der Waals surface area contributed by atoms with E-state index < -0.39 is 57.3 Å². The van der Waals surface area contributed by atoms with Crippen LogP contribution in [0.4, 0.5) is 22.4 Å². The van der Waals surface area contributed by atoms with E-state index in [4.69, 9.17) is 0 Å². The molecule has 2 aromatic carbocycles. The van der Waals surface area contributed by atoms with Crippen molar-refractivity contribution in [2.45, 2.75) is 36.0 Å². The number of imide groups is 1. The first kappa shape index (κ1) is 26.6. The lowest BCUT2D eigenvalue weighted by Crippen LogP contribution is -2.49. The molecule has 8 nitrogen and oxygen atoms in total. The summed E-state index contributed by atoms with van der Waals surface area (Å²) in [6, 6.07) is 4.03. The van der Waals surface area contributed by atoms with E-state index in [9.17, 15) is 40.4 Å². The fourth-order valence-corrected chi connectivity index (χ4v) is 4.91. The van der Waals surface area contributed by atoms with E-state index in [2.05, 4.69) is 5.32 Å². The standard InChI is InChI=1S/C24H23F4N3O5S/c1-30-12-19(31(23(30)34)22(33)14-4-3-5-16(10-14)37(2,35)36)21(32)29-20(13-6-7-13)17-9-8-15(11-18(17)25)24(26,27)28/h3-5,8-11,13,19-20H,6-7,12H2,1-2H3,(H,29,32)/t19-,20+/m0/s1. The quantitative estimate of drug-likeness (QED) is 0.565. The first-order valence-electron chi connectivity index (χ1n) is 11.2. The number of amides is 4. The van der Waals surface area contributed by atoms with Gasteiger partial charge in [-0.3, -0.25) is 9.59 Å². The number of urea groups is 1. The van der Waals surface area contributed by atoms with E-state index in [0.717, 1.165) is 29.4 Å². The van der Waals surface area contributed by atoms with Crippen LogP contribution in [0.2, 0.25) is 0 Å². The van der Waals surface area contributed by atoms with Gasteiger partial charge in [0.25, 0.3) is 5.91 Å². The Kier molecular flexibility index (Phi) is 6.78. The van der Waals surface area contributed by atoms with Gasteiger partial charge in [0, 0.05) is 24.4 Å². The number of sulfone groups is 1. The van der Waals surface area contributed by atoms with Gasteiger partial charge in [-0.2, -0.15) is 13.2 Å². The van der Waals surface area contributed by atoms with Gasteiger partial charge in [-0.05, 0) is 49.1 Å². The summed E-state index contributed by atoms with van der Waals surface area (Å²) >= 11 is 0. The molecule has 0 unspecified atom stereocenters. The Balaban J connectivity index is 1.61. The van der Waals surface area contributed by atoms with E-state index in [0.29, 0.717) is 23.8 Å². The highest BCUT2D eigenvalue weighted by Crippen LogP contribution is 2.43. The van der Waals surface area contributed by atoms with Crippen molar-refractivity contribution in [1.82, 2.24) is 15.1 Å². The largest absolute Gasteiger partial charge is 0.416 e. The smallest absolute Gasteiger partial charge is 0.347 e. The highest BCUT2D eigenvalue weighted by molar-refractivity contribution is 7.90. The Labute approximate surface area is 210 Å². The molecule has 0 bridgehead atoms. The van der Waals surface area contributed by atoms with Crippen molar-refractivity contribution in [1.29, 1.82) is 0 Å². The molecule has 37 heavy (non-hydrogen) atoms. The fraction of sp³-hybridized carbons (Fsp3) is 0.375. The molecule has 2 aromatic rings. The molecule has 2 atom stereocenters. The minimum Gasteiger partial charge on any atom is -0.347 e. The average Bonchev–Trinajstić information content (AvgIpc) is 3.61. The molecule has 0 radical (unpaired) electrons. The van der Waals surface area contributed by atoms with Crippen molar-refractivity contribution < 1.29 is 40.4 Å².